The van der Waals surface area contributed by atoms with Crippen molar-refractivity contribution in [3.63, 3.8) is 0 Å². The quantitative estimate of drug-likeness (QED) is 0.633. The third-order valence-electron chi connectivity index (χ3n) is 4.37. The molecular formula is C21H22N2O3S. The molecule has 140 valence electrons. The summed E-state index contributed by atoms with van der Waals surface area (Å²) in [7, 11) is 0. The molecule has 0 spiro atoms. The first-order chi connectivity index (χ1) is 13.1. The van der Waals surface area contributed by atoms with Crippen LogP contribution in [0.5, 0.6) is 0 Å². The lowest BCUT2D eigenvalue weighted by Gasteiger charge is -2.13. The Labute approximate surface area is 162 Å². The van der Waals surface area contributed by atoms with Gasteiger partial charge in [-0.05, 0) is 42.8 Å². The first-order valence-corrected chi connectivity index (χ1v) is 9.82. The molecule has 3 aromatic rings. The molecule has 2 aromatic heterocycles. The van der Waals surface area contributed by atoms with Crippen LogP contribution in [0.4, 0.5) is 0 Å². The number of thiophene rings is 1. The van der Waals surface area contributed by atoms with Gasteiger partial charge in [0.25, 0.3) is 5.91 Å². The largest absolute Gasteiger partial charge is 0.452 e. The van der Waals surface area contributed by atoms with Crippen molar-refractivity contribution in [3.05, 3.63) is 63.5 Å². The van der Waals surface area contributed by atoms with Crippen molar-refractivity contribution in [2.75, 3.05) is 13.2 Å². The molecule has 0 radical (unpaired) electrons. The molecule has 0 aliphatic rings. The van der Waals surface area contributed by atoms with E-state index in [1.165, 1.54) is 4.88 Å². The number of nitrogens with zero attached hydrogens (tertiary/aromatic N) is 1. The van der Waals surface area contributed by atoms with E-state index in [1.807, 2.05) is 55.6 Å². The number of para-hydroxylation sites is 1. The van der Waals surface area contributed by atoms with Gasteiger partial charge in [-0.25, -0.2) is 4.79 Å². The maximum absolute atomic E-state index is 12.6. The Morgan fingerprint density at radius 3 is 2.74 bits per heavy atom. The lowest BCUT2D eigenvalue weighted by molar-refractivity contribution is -0.124. The summed E-state index contributed by atoms with van der Waals surface area (Å²) >= 11 is 1.65. The monoisotopic (exact) mass is 382 g/mol. The van der Waals surface area contributed by atoms with Gasteiger partial charge >= 0.3 is 5.97 Å². The van der Waals surface area contributed by atoms with Crippen LogP contribution >= 0.6 is 11.3 Å². The van der Waals surface area contributed by atoms with Gasteiger partial charge in [-0.3, -0.25) is 9.78 Å². The Morgan fingerprint density at radius 1 is 1.19 bits per heavy atom. The van der Waals surface area contributed by atoms with E-state index in [1.54, 1.807) is 11.3 Å². The number of benzene rings is 1. The van der Waals surface area contributed by atoms with Crippen LogP contribution in [0, 0.1) is 6.92 Å². The highest BCUT2D eigenvalue weighted by Gasteiger charge is 2.20. The Balaban J connectivity index is 1.63. The molecule has 0 aliphatic heterocycles. The normalized spacial score (nSPS) is 10.7. The van der Waals surface area contributed by atoms with Gasteiger partial charge in [0.2, 0.25) is 0 Å². The number of hydrogen-bond donors (Lipinski definition) is 1. The van der Waals surface area contributed by atoms with Crippen LogP contribution in [0.1, 0.15) is 33.4 Å². The van der Waals surface area contributed by atoms with Crippen molar-refractivity contribution in [1.82, 2.24) is 10.3 Å². The summed E-state index contributed by atoms with van der Waals surface area (Å²) < 4.78 is 5.26. The number of esters is 1. The predicted molar refractivity (Wildman–Crippen MR) is 107 cm³/mol. The smallest absolute Gasteiger partial charge is 0.340 e. The molecule has 0 fully saturated rings. The van der Waals surface area contributed by atoms with E-state index in [0.29, 0.717) is 24.2 Å². The van der Waals surface area contributed by atoms with Gasteiger partial charge in [0, 0.05) is 16.8 Å². The van der Waals surface area contributed by atoms with E-state index in [9.17, 15) is 9.59 Å². The number of rotatable bonds is 7. The van der Waals surface area contributed by atoms with Crippen LogP contribution in [0.2, 0.25) is 0 Å². The summed E-state index contributed by atoms with van der Waals surface area (Å²) in [6, 6.07) is 11.7. The highest BCUT2D eigenvalue weighted by molar-refractivity contribution is 7.09. The number of aryl methyl sites for hydroxylation is 2. The summed E-state index contributed by atoms with van der Waals surface area (Å²) in [4.78, 5) is 30.4. The van der Waals surface area contributed by atoms with Crippen LogP contribution in [0.3, 0.4) is 0 Å². The molecule has 0 bridgehead atoms. The second kappa shape index (κ2) is 8.77. The van der Waals surface area contributed by atoms with Gasteiger partial charge in [0.05, 0.1) is 16.8 Å². The van der Waals surface area contributed by atoms with Crippen molar-refractivity contribution in [2.24, 2.45) is 0 Å². The Hall–Kier alpha value is -2.73. The number of aromatic nitrogens is 1. The number of carbonyl (C=O) groups excluding carboxylic acids is 2. The maximum Gasteiger partial charge on any atom is 0.340 e. The van der Waals surface area contributed by atoms with E-state index in [4.69, 9.17) is 4.74 Å². The average molecular weight is 382 g/mol. The topological polar surface area (TPSA) is 68.3 Å². The van der Waals surface area contributed by atoms with Crippen LogP contribution < -0.4 is 5.32 Å². The predicted octanol–water partition coefficient (Wildman–Crippen LogP) is 3.68. The number of hydrogen-bond acceptors (Lipinski definition) is 5. The Bertz CT molecular complexity index is 951. The van der Waals surface area contributed by atoms with Crippen molar-refractivity contribution in [1.29, 1.82) is 0 Å². The zero-order valence-corrected chi connectivity index (χ0v) is 16.3. The minimum atomic E-state index is -0.504. The van der Waals surface area contributed by atoms with E-state index >= 15 is 0 Å². The fourth-order valence-corrected chi connectivity index (χ4v) is 3.71. The summed E-state index contributed by atoms with van der Waals surface area (Å²) in [5.41, 5.74) is 2.84. The van der Waals surface area contributed by atoms with Gasteiger partial charge in [0.1, 0.15) is 0 Å². The molecule has 2 heterocycles. The van der Waals surface area contributed by atoms with Crippen LogP contribution in [-0.4, -0.2) is 30.0 Å². The zero-order chi connectivity index (χ0) is 19.2. The minimum absolute atomic E-state index is 0.293. The fraction of sp³-hybridized carbons (Fsp3) is 0.286. The molecule has 5 nitrogen and oxygen atoms in total. The molecule has 3 rings (SSSR count). The summed E-state index contributed by atoms with van der Waals surface area (Å²) in [5.74, 6) is -0.805. The number of amides is 1. The first kappa shape index (κ1) is 19.0. The number of nitrogens with one attached hydrogen (secondary N) is 1. The van der Waals surface area contributed by atoms with Gasteiger partial charge < -0.3 is 10.1 Å². The van der Waals surface area contributed by atoms with Gasteiger partial charge in [0.15, 0.2) is 6.61 Å². The second-order valence-corrected chi connectivity index (χ2v) is 7.22. The Morgan fingerprint density at radius 2 is 2.00 bits per heavy atom. The summed E-state index contributed by atoms with van der Waals surface area (Å²) in [5, 5.41) is 5.70. The van der Waals surface area contributed by atoms with Crippen LogP contribution in [-0.2, 0) is 22.4 Å². The van der Waals surface area contributed by atoms with E-state index < -0.39 is 5.97 Å². The first-order valence-electron chi connectivity index (χ1n) is 8.94. The van der Waals surface area contributed by atoms with Crippen LogP contribution in [0.15, 0.2) is 41.8 Å². The number of ether oxygens (including phenoxy) is 1. The van der Waals surface area contributed by atoms with Gasteiger partial charge in [-0.1, -0.05) is 31.2 Å². The molecular weight excluding hydrogens is 360 g/mol. The van der Waals surface area contributed by atoms with E-state index in [0.717, 1.165) is 22.9 Å². The van der Waals surface area contributed by atoms with Crippen molar-refractivity contribution in [3.8, 4) is 0 Å². The minimum Gasteiger partial charge on any atom is -0.452 e. The molecule has 1 amide bonds. The molecule has 1 N–H and O–H groups in total. The van der Waals surface area contributed by atoms with E-state index in [-0.39, 0.29) is 12.5 Å². The average Bonchev–Trinajstić information content (AvgIpc) is 3.19. The highest BCUT2D eigenvalue weighted by atomic mass is 32.1. The standard InChI is InChI=1S/C21H22N2O3S/c1-3-17-20(14(2)16-8-4-5-9-18(16)23-17)21(25)26-13-19(24)22-11-10-15-7-6-12-27-15/h4-9,12H,3,10-11,13H2,1-2H3,(H,22,24). The number of pyridine rings is 1. The van der Waals surface area contributed by atoms with Gasteiger partial charge in [-0.2, -0.15) is 0 Å². The van der Waals surface area contributed by atoms with Crippen LogP contribution in [0.25, 0.3) is 10.9 Å². The second-order valence-electron chi connectivity index (χ2n) is 6.18. The molecule has 1 aromatic carbocycles. The highest BCUT2D eigenvalue weighted by Crippen LogP contribution is 2.24. The summed E-state index contributed by atoms with van der Waals surface area (Å²) in [6.45, 7) is 4.07. The maximum atomic E-state index is 12.6. The molecule has 0 atom stereocenters. The number of fused-ring (bicyclic) bond motifs is 1. The molecule has 0 unspecified atom stereocenters. The molecule has 6 heteroatoms. The molecule has 0 aliphatic carbocycles. The Kier molecular flexibility index (Phi) is 6.19. The van der Waals surface area contributed by atoms with E-state index in [2.05, 4.69) is 10.3 Å². The summed E-state index contributed by atoms with van der Waals surface area (Å²) in [6.07, 6.45) is 1.38. The number of carbonyl (C=O) groups is 2. The zero-order valence-electron chi connectivity index (χ0n) is 15.5. The van der Waals surface area contributed by atoms with Crippen molar-refractivity contribution in [2.45, 2.75) is 26.7 Å². The third kappa shape index (κ3) is 4.52. The van der Waals surface area contributed by atoms with Crippen molar-refractivity contribution >= 4 is 34.1 Å². The molecule has 0 saturated heterocycles. The molecule has 27 heavy (non-hydrogen) atoms. The SMILES string of the molecule is CCc1nc2ccccc2c(C)c1C(=O)OCC(=O)NCCc1cccs1. The van der Waals surface area contributed by atoms with Crippen molar-refractivity contribution < 1.29 is 14.3 Å². The molecule has 0 saturated carbocycles. The fourth-order valence-electron chi connectivity index (χ4n) is 3.00. The lowest BCUT2D eigenvalue weighted by Crippen LogP contribution is -2.30. The lowest BCUT2D eigenvalue weighted by atomic mass is 10.0. The van der Waals surface area contributed by atoms with Gasteiger partial charge in [-0.15, -0.1) is 11.3 Å². The third-order valence-corrected chi connectivity index (χ3v) is 5.31.